The molecule has 0 amide bonds. The summed E-state index contributed by atoms with van der Waals surface area (Å²) in [6, 6.07) is 2.85. The van der Waals surface area contributed by atoms with Crippen LogP contribution >= 0.6 is 0 Å². The fourth-order valence-electron chi connectivity index (χ4n) is 3.72. The van der Waals surface area contributed by atoms with Crippen LogP contribution in [0.1, 0.15) is 36.5 Å². The van der Waals surface area contributed by atoms with Crippen molar-refractivity contribution < 1.29 is 27.8 Å². The number of hydrogen-bond donors (Lipinski definition) is 2. The minimum atomic E-state index is -3.95. The van der Waals surface area contributed by atoms with Gasteiger partial charge in [-0.2, -0.15) is 4.31 Å². The standard InChI is InChI=1S/C17H23FN2O5S/c1-17(23)4-7-19(11-17)14-2-5-20(6-3-14)26(24,25)15-9-12(16(21)22)8-13(18)10-15/h8-10,14,23H,2-7,11H2,1H3,(H,21,22). The number of aromatic carboxylic acids is 1. The van der Waals surface area contributed by atoms with Gasteiger partial charge in [-0.05, 0) is 44.4 Å². The lowest BCUT2D eigenvalue weighted by Gasteiger charge is -2.36. The lowest BCUT2D eigenvalue weighted by atomic mass is 10.0. The van der Waals surface area contributed by atoms with Crippen molar-refractivity contribution in [2.24, 2.45) is 0 Å². The molecule has 0 aliphatic carbocycles. The molecule has 1 atom stereocenters. The topological polar surface area (TPSA) is 98.2 Å². The Kier molecular flexibility index (Phi) is 5.08. The van der Waals surface area contributed by atoms with Gasteiger partial charge in [0.2, 0.25) is 10.0 Å². The van der Waals surface area contributed by atoms with Gasteiger partial charge in [0.25, 0.3) is 0 Å². The van der Waals surface area contributed by atoms with Gasteiger partial charge in [-0.1, -0.05) is 0 Å². The average Bonchev–Trinajstić information content (AvgIpc) is 2.94. The van der Waals surface area contributed by atoms with Gasteiger partial charge in [-0.3, -0.25) is 4.90 Å². The Hall–Kier alpha value is -1.55. The number of carboxylic acid groups (broad SMARTS) is 1. The molecule has 9 heteroatoms. The van der Waals surface area contributed by atoms with Gasteiger partial charge in [0.1, 0.15) is 5.82 Å². The van der Waals surface area contributed by atoms with Gasteiger partial charge in [-0.25, -0.2) is 17.6 Å². The Bertz CT molecular complexity index is 803. The molecule has 7 nitrogen and oxygen atoms in total. The van der Waals surface area contributed by atoms with Crippen molar-refractivity contribution in [3.8, 4) is 0 Å². The molecule has 3 rings (SSSR count). The number of benzene rings is 1. The Labute approximate surface area is 152 Å². The van der Waals surface area contributed by atoms with Crippen LogP contribution in [0.5, 0.6) is 0 Å². The van der Waals surface area contributed by atoms with Gasteiger partial charge in [0.05, 0.1) is 16.1 Å². The number of hydrogen-bond acceptors (Lipinski definition) is 5. The minimum Gasteiger partial charge on any atom is -0.478 e. The highest BCUT2D eigenvalue weighted by atomic mass is 32.2. The van der Waals surface area contributed by atoms with E-state index in [1.165, 1.54) is 4.31 Å². The normalized spacial score (nSPS) is 26.3. The van der Waals surface area contributed by atoms with E-state index in [-0.39, 0.29) is 24.0 Å². The van der Waals surface area contributed by atoms with Crippen molar-refractivity contribution in [2.45, 2.75) is 42.7 Å². The van der Waals surface area contributed by atoms with Crippen LogP contribution in [0.2, 0.25) is 0 Å². The molecular formula is C17H23FN2O5S. The van der Waals surface area contributed by atoms with Gasteiger partial charge in [-0.15, -0.1) is 0 Å². The smallest absolute Gasteiger partial charge is 0.335 e. The lowest BCUT2D eigenvalue weighted by molar-refractivity contribution is 0.0565. The molecular weight excluding hydrogens is 363 g/mol. The van der Waals surface area contributed by atoms with E-state index in [4.69, 9.17) is 5.11 Å². The first-order valence-corrected chi connectivity index (χ1v) is 10.0. The molecule has 1 unspecified atom stereocenters. The maximum absolute atomic E-state index is 13.6. The number of halogens is 1. The SMILES string of the molecule is CC1(O)CCN(C2CCN(S(=O)(=O)c3cc(F)cc(C(=O)O)c3)CC2)C1. The van der Waals surface area contributed by atoms with Crippen LogP contribution in [0.4, 0.5) is 4.39 Å². The van der Waals surface area contributed by atoms with E-state index in [0.29, 0.717) is 25.8 Å². The highest BCUT2D eigenvalue weighted by molar-refractivity contribution is 7.89. The molecule has 0 saturated carbocycles. The van der Waals surface area contributed by atoms with E-state index in [0.717, 1.165) is 24.7 Å². The first-order valence-electron chi connectivity index (χ1n) is 8.59. The predicted octanol–water partition coefficient (Wildman–Crippen LogP) is 1.13. The van der Waals surface area contributed by atoms with Crippen LogP contribution in [-0.4, -0.2) is 71.6 Å². The molecule has 2 saturated heterocycles. The quantitative estimate of drug-likeness (QED) is 0.805. The van der Waals surface area contributed by atoms with Crippen molar-refractivity contribution in [2.75, 3.05) is 26.2 Å². The number of sulfonamides is 1. The Morgan fingerprint density at radius 2 is 1.88 bits per heavy atom. The number of carboxylic acids is 1. The fraction of sp³-hybridized carbons (Fsp3) is 0.588. The molecule has 0 spiro atoms. The maximum Gasteiger partial charge on any atom is 0.335 e. The first kappa shape index (κ1) is 19.2. The van der Waals surface area contributed by atoms with Gasteiger partial charge in [0.15, 0.2) is 0 Å². The van der Waals surface area contributed by atoms with E-state index in [1.54, 1.807) is 6.92 Å². The number of carbonyl (C=O) groups is 1. The third-order valence-electron chi connectivity index (χ3n) is 5.18. The van der Waals surface area contributed by atoms with Crippen molar-refractivity contribution in [1.82, 2.24) is 9.21 Å². The number of nitrogens with zero attached hydrogens (tertiary/aromatic N) is 2. The summed E-state index contributed by atoms with van der Waals surface area (Å²) in [6.07, 6.45) is 1.94. The van der Waals surface area contributed by atoms with E-state index >= 15 is 0 Å². The summed E-state index contributed by atoms with van der Waals surface area (Å²) in [4.78, 5) is 12.9. The Morgan fingerprint density at radius 1 is 1.23 bits per heavy atom. The predicted molar refractivity (Wildman–Crippen MR) is 92.0 cm³/mol. The molecule has 1 aromatic carbocycles. The summed E-state index contributed by atoms with van der Waals surface area (Å²) in [5.41, 5.74) is -1.09. The van der Waals surface area contributed by atoms with E-state index < -0.39 is 33.0 Å². The molecule has 2 heterocycles. The summed E-state index contributed by atoms with van der Waals surface area (Å²) in [7, 11) is -3.95. The lowest BCUT2D eigenvalue weighted by Crippen LogP contribution is -2.46. The highest BCUT2D eigenvalue weighted by Crippen LogP contribution is 2.29. The summed E-state index contributed by atoms with van der Waals surface area (Å²) in [6.45, 7) is 3.73. The zero-order valence-corrected chi connectivity index (χ0v) is 15.4. The van der Waals surface area contributed by atoms with Gasteiger partial charge in [0, 0.05) is 32.2 Å². The van der Waals surface area contributed by atoms with Crippen LogP contribution < -0.4 is 0 Å². The maximum atomic E-state index is 13.6. The third-order valence-corrected chi connectivity index (χ3v) is 7.05. The number of likely N-dealkylation sites (tertiary alicyclic amines) is 1. The molecule has 0 radical (unpaired) electrons. The molecule has 2 N–H and O–H groups in total. The summed E-state index contributed by atoms with van der Waals surface area (Å²) < 4.78 is 40.4. The summed E-state index contributed by atoms with van der Waals surface area (Å²) >= 11 is 0. The molecule has 1 aromatic rings. The molecule has 144 valence electrons. The number of aliphatic hydroxyl groups is 1. The largest absolute Gasteiger partial charge is 0.478 e. The van der Waals surface area contributed by atoms with Crippen molar-refractivity contribution in [3.63, 3.8) is 0 Å². The monoisotopic (exact) mass is 386 g/mol. The number of piperidine rings is 1. The molecule has 2 fully saturated rings. The number of β-amino-alcohol motifs (C(OH)–C–C–N with tert-alkyl or cyclic N) is 1. The van der Waals surface area contributed by atoms with Crippen LogP contribution in [0.3, 0.4) is 0 Å². The van der Waals surface area contributed by atoms with Crippen molar-refractivity contribution >= 4 is 16.0 Å². The van der Waals surface area contributed by atoms with E-state index in [2.05, 4.69) is 4.90 Å². The second kappa shape index (κ2) is 6.88. The van der Waals surface area contributed by atoms with E-state index in [1.807, 2.05) is 0 Å². The molecule has 0 aromatic heterocycles. The summed E-state index contributed by atoms with van der Waals surface area (Å²) in [5, 5.41) is 19.1. The minimum absolute atomic E-state index is 0.206. The molecule has 0 bridgehead atoms. The Morgan fingerprint density at radius 3 is 2.42 bits per heavy atom. The second-order valence-electron chi connectivity index (χ2n) is 7.33. The van der Waals surface area contributed by atoms with Gasteiger partial charge < -0.3 is 10.2 Å². The van der Waals surface area contributed by atoms with Crippen LogP contribution in [0, 0.1) is 5.82 Å². The van der Waals surface area contributed by atoms with Crippen molar-refractivity contribution in [3.05, 3.63) is 29.6 Å². The van der Waals surface area contributed by atoms with Gasteiger partial charge >= 0.3 is 5.97 Å². The van der Waals surface area contributed by atoms with Crippen LogP contribution in [0.15, 0.2) is 23.1 Å². The van der Waals surface area contributed by atoms with Crippen LogP contribution in [-0.2, 0) is 10.0 Å². The highest BCUT2D eigenvalue weighted by Gasteiger charge is 2.38. The first-order chi connectivity index (χ1) is 12.1. The average molecular weight is 386 g/mol. The second-order valence-corrected chi connectivity index (χ2v) is 9.27. The van der Waals surface area contributed by atoms with Crippen molar-refractivity contribution in [1.29, 1.82) is 0 Å². The zero-order chi connectivity index (χ0) is 19.1. The van der Waals surface area contributed by atoms with E-state index in [9.17, 15) is 22.7 Å². The molecule has 26 heavy (non-hydrogen) atoms. The third kappa shape index (κ3) is 3.90. The Balaban J connectivity index is 1.72. The summed E-state index contributed by atoms with van der Waals surface area (Å²) in [5.74, 6) is -2.27. The number of rotatable bonds is 4. The fourth-order valence-corrected chi connectivity index (χ4v) is 5.25. The molecule has 2 aliphatic heterocycles. The molecule has 2 aliphatic rings. The zero-order valence-electron chi connectivity index (χ0n) is 14.6. The van der Waals surface area contributed by atoms with Crippen LogP contribution in [0.25, 0.3) is 0 Å².